The summed E-state index contributed by atoms with van der Waals surface area (Å²) in [4.78, 5) is 20.6. The van der Waals surface area contributed by atoms with Gasteiger partial charge in [-0.15, -0.1) is 11.3 Å². The summed E-state index contributed by atoms with van der Waals surface area (Å²) in [6, 6.07) is 7.25. The number of halogens is 1. The number of ether oxygens (including phenoxy) is 1. The highest BCUT2D eigenvalue weighted by atomic mass is 35.5. The summed E-state index contributed by atoms with van der Waals surface area (Å²) < 4.78 is 35.4. The van der Waals surface area contributed by atoms with E-state index >= 15 is 0 Å². The van der Waals surface area contributed by atoms with Gasteiger partial charge in [-0.1, -0.05) is 35.1 Å². The van der Waals surface area contributed by atoms with E-state index in [1.807, 2.05) is 13.0 Å². The fourth-order valence-electron chi connectivity index (χ4n) is 4.76. The Morgan fingerprint density at radius 3 is 2.66 bits per heavy atom. The molecule has 5 rings (SSSR count). The lowest BCUT2D eigenvalue weighted by Gasteiger charge is -2.34. The summed E-state index contributed by atoms with van der Waals surface area (Å²) >= 11 is 8.55. The SMILES string of the molecule is Cc1ccc(C)c2sc(N(CC3CCCO3)C(=O)C3CCCN(S(=O)(=O)c4ccc(Cl)s4)C3)nc12. The number of hydrogen-bond acceptors (Lipinski definition) is 7. The quantitative estimate of drug-likeness (QED) is 0.417. The molecule has 2 fully saturated rings. The lowest BCUT2D eigenvalue weighted by Crippen LogP contribution is -2.48. The molecule has 2 aliphatic rings. The standard InChI is InChI=1S/C24H28ClN3O4S3/c1-15-7-8-16(2)22-21(15)26-24(34-22)28(14-18-6-4-12-32-18)23(29)17-5-3-11-27(13-17)35(30,31)20-10-9-19(25)33-20/h7-10,17-18H,3-6,11-14H2,1-2H3. The van der Waals surface area contributed by atoms with Gasteiger partial charge >= 0.3 is 0 Å². The van der Waals surface area contributed by atoms with Crippen LogP contribution in [0, 0.1) is 19.8 Å². The number of benzene rings is 1. The predicted octanol–water partition coefficient (Wildman–Crippen LogP) is 5.24. The van der Waals surface area contributed by atoms with Crippen LogP contribution < -0.4 is 4.90 Å². The highest BCUT2D eigenvalue weighted by molar-refractivity contribution is 7.91. The highest BCUT2D eigenvalue weighted by Gasteiger charge is 2.37. The molecule has 2 unspecified atom stereocenters. The molecule has 2 saturated heterocycles. The van der Waals surface area contributed by atoms with Gasteiger partial charge < -0.3 is 4.74 Å². The second-order valence-electron chi connectivity index (χ2n) is 9.22. The van der Waals surface area contributed by atoms with Crippen molar-refractivity contribution in [3.05, 3.63) is 39.7 Å². The molecule has 0 spiro atoms. The van der Waals surface area contributed by atoms with Crippen LogP contribution in [0.3, 0.4) is 0 Å². The topological polar surface area (TPSA) is 79.8 Å². The van der Waals surface area contributed by atoms with E-state index in [2.05, 4.69) is 13.0 Å². The van der Waals surface area contributed by atoms with Crippen LogP contribution in [0.4, 0.5) is 5.13 Å². The molecule has 2 atom stereocenters. The van der Waals surface area contributed by atoms with Crippen molar-refractivity contribution in [1.29, 1.82) is 0 Å². The minimum Gasteiger partial charge on any atom is -0.376 e. The molecule has 0 bridgehead atoms. The van der Waals surface area contributed by atoms with Crippen molar-refractivity contribution in [2.24, 2.45) is 5.92 Å². The van der Waals surface area contributed by atoms with E-state index in [0.29, 0.717) is 42.0 Å². The van der Waals surface area contributed by atoms with Gasteiger partial charge in [-0.2, -0.15) is 4.31 Å². The molecule has 0 saturated carbocycles. The maximum absolute atomic E-state index is 13.9. The molecule has 1 aromatic carbocycles. The number of fused-ring (bicyclic) bond motifs is 1. The van der Waals surface area contributed by atoms with E-state index < -0.39 is 15.9 Å². The number of piperidine rings is 1. The molecule has 0 aliphatic carbocycles. The molecule has 2 aromatic heterocycles. The van der Waals surface area contributed by atoms with Crippen molar-refractivity contribution in [1.82, 2.24) is 9.29 Å². The number of thiazole rings is 1. The number of aromatic nitrogens is 1. The first-order valence-electron chi connectivity index (χ1n) is 11.8. The van der Waals surface area contributed by atoms with E-state index in [0.717, 1.165) is 45.5 Å². The van der Waals surface area contributed by atoms with Crippen molar-refractivity contribution >= 4 is 65.6 Å². The Labute approximate surface area is 218 Å². The Bertz CT molecular complexity index is 1310. The van der Waals surface area contributed by atoms with Crippen molar-refractivity contribution in [3.8, 4) is 0 Å². The monoisotopic (exact) mass is 553 g/mol. The van der Waals surface area contributed by atoms with Gasteiger partial charge in [0.1, 0.15) is 4.21 Å². The summed E-state index contributed by atoms with van der Waals surface area (Å²) in [6.07, 6.45) is 3.10. The van der Waals surface area contributed by atoms with Gasteiger partial charge in [0.05, 0.1) is 33.1 Å². The van der Waals surface area contributed by atoms with E-state index in [9.17, 15) is 13.2 Å². The molecule has 188 valence electrons. The summed E-state index contributed by atoms with van der Waals surface area (Å²) in [6.45, 7) is 5.76. The molecule has 11 heteroatoms. The summed E-state index contributed by atoms with van der Waals surface area (Å²) in [7, 11) is -3.69. The van der Waals surface area contributed by atoms with Gasteiger partial charge in [-0.3, -0.25) is 9.69 Å². The number of rotatable bonds is 6. The Kier molecular flexibility index (Phi) is 7.22. The van der Waals surface area contributed by atoms with Crippen LogP contribution in [-0.4, -0.2) is 56.0 Å². The molecule has 35 heavy (non-hydrogen) atoms. The minimum atomic E-state index is -3.69. The van der Waals surface area contributed by atoms with Crippen LogP contribution in [0.5, 0.6) is 0 Å². The Balaban J connectivity index is 1.44. The Morgan fingerprint density at radius 2 is 1.97 bits per heavy atom. The molecule has 3 aromatic rings. The zero-order valence-electron chi connectivity index (χ0n) is 19.7. The van der Waals surface area contributed by atoms with Gasteiger partial charge in [0.25, 0.3) is 10.0 Å². The molecule has 0 radical (unpaired) electrons. The maximum atomic E-state index is 13.9. The minimum absolute atomic E-state index is 0.0372. The van der Waals surface area contributed by atoms with Gasteiger partial charge in [0.2, 0.25) is 5.91 Å². The predicted molar refractivity (Wildman–Crippen MR) is 141 cm³/mol. The smallest absolute Gasteiger partial charge is 0.252 e. The molecule has 4 heterocycles. The summed E-state index contributed by atoms with van der Waals surface area (Å²) in [5, 5.41) is 0.655. The van der Waals surface area contributed by atoms with Crippen molar-refractivity contribution in [3.63, 3.8) is 0 Å². The van der Waals surface area contributed by atoms with E-state index in [1.54, 1.807) is 11.0 Å². The van der Waals surface area contributed by atoms with Crippen molar-refractivity contribution in [2.75, 3.05) is 31.1 Å². The first-order valence-corrected chi connectivity index (χ1v) is 15.2. The van der Waals surface area contributed by atoms with Gasteiger partial charge in [0.15, 0.2) is 5.13 Å². The molecule has 0 N–H and O–H groups in total. The van der Waals surface area contributed by atoms with Gasteiger partial charge in [-0.25, -0.2) is 13.4 Å². The number of carbonyl (C=O) groups excluding carboxylic acids is 1. The first-order chi connectivity index (χ1) is 16.7. The third kappa shape index (κ3) is 5.01. The van der Waals surface area contributed by atoms with Crippen molar-refractivity contribution < 1.29 is 17.9 Å². The molecular weight excluding hydrogens is 526 g/mol. The lowest BCUT2D eigenvalue weighted by atomic mass is 9.98. The number of hydrogen-bond donors (Lipinski definition) is 0. The molecular formula is C24H28ClN3O4S3. The van der Waals surface area contributed by atoms with E-state index in [1.165, 1.54) is 21.7 Å². The van der Waals surface area contributed by atoms with Crippen LogP contribution >= 0.6 is 34.3 Å². The second-order valence-corrected chi connectivity index (χ2v) is 14.1. The second kappa shape index (κ2) is 10.1. The van der Waals surface area contributed by atoms with Gasteiger partial charge in [0, 0.05) is 19.7 Å². The number of aryl methyl sites for hydroxylation is 2. The lowest BCUT2D eigenvalue weighted by molar-refractivity contribution is -0.123. The van der Waals surface area contributed by atoms with Crippen LogP contribution in [0.2, 0.25) is 4.34 Å². The third-order valence-electron chi connectivity index (χ3n) is 6.71. The van der Waals surface area contributed by atoms with Crippen molar-refractivity contribution in [2.45, 2.75) is 49.8 Å². The summed E-state index contributed by atoms with van der Waals surface area (Å²) in [5.41, 5.74) is 3.11. The third-order valence-corrected chi connectivity index (χ3v) is 11.5. The van der Waals surface area contributed by atoms with Crippen LogP contribution in [0.25, 0.3) is 10.2 Å². The van der Waals surface area contributed by atoms with Crippen LogP contribution in [0.15, 0.2) is 28.5 Å². The first kappa shape index (κ1) is 25.1. The maximum Gasteiger partial charge on any atom is 0.252 e. The Morgan fingerprint density at radius 1 is 1.17 bits per heavy atom. The number of anilines is 1. The number of sulfonamides is 1. The highest BCUT2D eigenvalue weighted by Crippen LogP contribution is 2.36. The molecule has 7 nitrogen and oxygen atoms in total. The number of nitrogens with zero attached hydrogens (tertiary/aromatic N) is 3. The number of thiophene rings is 1. The zero-order valence-corrected chi connectivity index (χ0v) is 22.9. The number of amides is 1. The zero-order chi connectivity index (χ0) is 24.7. The fourth-order valence-corrected chi connectivity index (χ4v) is 9.05. The molecule has 1 amide bonds. The number of carbonyl (C=O) groups is 1. The normalized spacial score (nSPS) is 21.6. The van der Waals surface area contributed by atoms with Gasteiger partial charge in [-0.05, 0) is 62.8 Å². The van der Waals surface area contributed by atoms with Crippen LogP contribution in [-0.2, 0) is 19.6 Å². The Hall–Kier alpha value is -1.56. The van der Waals surface area contributed by atoms with E-state index in [-0.39, 0.29) is 22.8 Å². The van der Waals surface area contributed by atoms with Crippen LogP contribution in [0.1, 0.15) is 36.8 Å². The average molecular weight is 554 g/mol. The fraction of sp³-hybridized carbons (Fsp3) is 0.500. The molecule has 2 aliphatic heterocycles. The summed E-state index contributed by atoms with van der Waals surface area (Å²) in [5.74, 6) is -0.524. The van der Waals surface area contributed by atoms with E-state index in [4.69, 9.17) is 21.3 Å². The average Bonchev–Trinajstić information content (AvgIpc) is 3.61. The largest absolute Gasteiger partial charge is 0.376 e.